The quantitative estimate of drug-likeness (QED) is 0.210. The lowest BCUT2D eigenvalue weighted by atomic mass is 9.75. The van der Waals surface area contributed by atoms with Crippen molar-refractivity contribution in [3.8, 4) is 0 Å². The molecule has 4 fully saturated rings. The molecule has 10 heteroatoms. The molecule has 1 aromatic heterocycles. The number of nitrogens with zero attached hydrogens (tertiary/aromatic N) is 5. The molecule has 4 aliphatic rings. The van der Waals surface area contributed by atoms with E-state index in [0.717, 1.165) is 63.3 Å². The zero-order valence-electron chi connectivity index (χ0n) is 35.2. The molecule has 0 aliphatic carbocycles. The van der Waals surface area contributed by atoms with Gasteiger partial charge in [-0.2, -0.15) is 15.0 Å². The number of anilines is 3. The maximum Gasteiger partial charge on any atom is 0.232 e. The molecular weight excluding hydrogens is 621 g/mol. The fraction of sp³-hybridized carbons (Fsp3) is 0.925. The molecule has 5 heterocycles. The lowest BCUT2D eigenvalue weighted by Gasteiger charge is -2.56. The van der Waals surface area contributed by atoms with Crippen molar-refractivity contribution in [1.82, 2.24) is 36.2 Å². The van der Waals surface area contributed by atoms with Crippen LogP contribution in [0.1, 0.15) is 162 Å². The molecule has 0 unspecified atom stereocenters. The molecule has 0 atom stereocenters. The van der Waals surface area contributed by atoms with Crippen molar-refractivity contribution in [1.29, 1.82) is 0 Å². The summed E-state index contributed by atoms with van der Waals surface area (Å²) in [5.74, 6) is 2.29. The summed E-state index contributed by atoms with van der Waals surface area (Å²) in [4.78, 5) is 21.6. The van der Waals surface area contributed by atoms with Gasteiger partial charge in [-0.05, 0) is 162 Å². The fourth-order valence-electron chi connectivity index (χ4n) is 11.8. The highest BCUT2D eigenvalue weighted by atomic mass is 15.4. The Morgan fingerprint density at radius 3 is 0.780 bits per heavy atom. The van der Waals surface area contributed by atoms with Gasteiger partial charge in [0.25, 0.3) is 0 Å². The second-order valence-corrected chi connectivity index (χ2v) is 22.1. The molecule has 0 saturated carbocycles. The Morgan fingerprint density at radius 2 is 0.600 bits per heavy atom. The Labute approximate surface area is 306 Å². The summed E-state index contributed by atoms with van der Waals surface area (Å²) < 4.78 is 0. The zero-order chi connectivity index (χ0) is 37.5. The average molecular weight is 697 g/mol. The van der Waals surface area contributed by atoms with Crippen LogP contribution in [0.4, 0.5) is 17.8 Å². The van der Waals surface area contributed by atoms with Crippen molar-refractivity contribution >= 4 is 17.8 Å². The molecule has 286 valence electrons. The third-order valence-electron chi connectivity index (χ3n) is 11.5. The van der Waals surface area contributed by atoms with E-state index in [1.165, 1.54) is 0 Å². The van der Waals surface area contributed by atoms with Crippen molar-refractivity contribution in [2.45, 2.75) is 231 Å². The van der Waals surface area contributed by atoms with E-state index in [1.807, 2.05) is 7.05 Å². The molecule has 0 spiro atoms. The maximum absolute atomic E-state index is 5.67. The highest BCUT2D eigenvalue weighted by molar-refractivity contribution is 5.49. The van der Waals surface area contributed by atoms with Crippen LogP contribution in [0.15, 0.2) is 0 Å². The molecule has 1 aromatic rings. The van der Waals surface area contributed by atoms with Crippen LogP contribution in [0, 0.1) is 0 Å². The third-order valence-corrected chi connectivity index (χ3v) is 11.5. The second-order valence-electron chi connectivity index (χ2n) is 22.1. The minimum atomic E-state index is -0.0190. The van der Waals surface area contributed by atoms with Crippen LogP contribution in [-0.4, -0.2) is 90.5 Å². The van der Waals surface area contributed by atoms with Gasteiger partial charge in [-0.15, -0.1) is 0 Å². The summed E-state index contributed by atoms with van der Waals surface area (Å²) in [6.45, 7) is 37.7. The first-order valence-corrected chi connectivity index (χ1v) is 19.7. The SMILES string of the molecule is CNc1nc(N(C2CC(C)(C)NC(C)(C)C2)C2CC(C)(C)NC(C)(C)C2)nc(N(C2CC(C)(C)NC(C)(C)C2)C2CC(C)(C)NC(C)(C)C2)n1. The molecule has 5 N–H and O–H groups in total. The summed E-state index contributed by atoms with van der Waals surface area (Å²) in [6.07, 6.45) is 8.18. The zero-order valence-corrected chi connectivity index (χ0v) is 35.2. The van der Waals surface area contributed by atoms with Crippen LogP contribution in [0.3, 0.4) is 0 Å². The summed E-state index contributed by atoms with van der Waals surface area (Å²) in [7, 11) is 1.96. The van der Waals surface area contributed by atoms with E-state index in [1.54, 1.807) is 0 Å². The predicted molar refractivity (Wildman–Crippen MR) is 212 cm³/mol. The van der Waals surface area contributed by atoms with Crippen LogP contribution in [-0.2, 0) is 0 Å². The number of piperidine rings is 4. The fourth-order valence-corrected chi connectivity index (χ4v) is 11.8. The molecular formula is C40H76N10. The van der Waals surface area contributed by atoms with Crippen LogP contribution in [0.25, 0.3) is 0 Å². The van der Waals surface area contributed by atoms with Gasteiger partial charge < -0.3 is 36.4 Å². The third kappa shape index (κ3) is 9.42. The van der Waals surface area contributed by atoms with Gasteiger partial charge in [0.2, 0.25) is 17.8 Å². The van der Waals surface area contributed by atoms with Gasteiger partial charge >= 0.3 is 0 Å². The van der Waals surface area contributed by atoms with Crippen molar-refractivity contribution < 1.29 is 0 Å². The van der Waals surface area contributed by atoms with Crippen molar-refractivity contribution in [2.75, 3.05) is 22.2 Å². The topological polar surface area (TPSA) is 105 Å². The van der Waals surface area contributed by atoms with Crippen molar-refractivity contribution in [2.24, 2.45) is 0 Å². The largest absolute Gasteiger partial charge is 0.357 e. The Bertz CT molecular complexity index is 1140. The molecule has 50 heavy (non-hydrogen) atoms. The minimum Gasteiger partial charge on any atom is -0.357 e. The lowest BCUT2D eigenvalue weighted by Crippen LogP contribution is -2.67. The number of rotatable bonds is 7. The summed E-state index contributed by atoms with van der Waals surface area (Å²) in [5.41, 5.74) is -0.152. The van der Waals surface area contributed by atoms with Crippen LogP contribution in [0.5, 0.6) is 0 Å². The molecule has 0 aromatic carbocycles. The van der Waals surface area contributed by atoms with Gasteiger partial charge in [0.05, 0.1) is 0 Å². The molecule has 10 nitrogen and oxygen atoms in total. The lowest BCUT2D eigenvalue weighted by molar-refractivity contribution is 0.122. The van der Waals surface area contributed by atoms with Gasteiger partial charge in [-0.3, -0.25) is 0 Å². The molecule has 4 aliphatic heterocycles. The van der Waals surface area contributed by atoms with Gasteiger partial charge in [0.1, 0.15) is 0 Å². The molecule has 4 saturated heterocycles. The Morgan fingerprint density at radius 1 is 0.400 bits per heavy atom. The smallest absolute Gasteiger partial charge is 0.232 e. The first kappa shape index (κ1) is 39.5. The van der Waals surface area contributed by atoms with Crippen LogP contribution in [0.2, 0.25) is 0 Å². The highest BCUT2D eigenvalue weighted by Gasteiger charge is 2.49. The van der Waals surface area contributed by atoms with E-state index < -0.39 is 0 Å². The normalized spacial score (nSPS) is 28.9. The number of nitrogens with one attached hydrogen (secondary N) is 5. The highest BCUT2D eigenvalue weighted by Crippen LogP contribution is 2.43. The van der Waals surface area contributed by atoms with E-state index in [0.29, 0.717) is 5.95 Å². The standard InChI is InChI=1S/C40H76N10/c1-33(2)18-26(19-34(3,4)45-33)49(27-20-35(5,6)46-36(7,8)21-27)31-42-30(41-17)43-32(44-31)50(28-22-37(9,10)47-38(11,12)23-28)29-24-39(13,14)48-40(15,16)25-29/h26-29,45-48H,18-25H2,1-17H3,(H,41,42,43,44). The molecule has 5 rings (SSSR count). The van der Waals surface area contributed by atoms with E-state index in [-0.39, 0.29) is 68.5 Å². The maximum atomic E-state index is 5.67. The summed E-state index contributed by atoms with van der Waals surface area (Å²) >= 11 is 0. The van der Waals surface area contributed by atoms with Gasteiger partial charge in [0.15, 0.2) is 0 Å². The Balaban J connectivity index is 1.70. The van der Waals surface area contributed by atoms with E-state index in [4.69, 9.17) is 15.0 Å². The number of hydrogen-bond donors (Lipinski definition) is 5. The molecule has 0 radical (unpaired) electrons. The number of hydrogen-bond acceptors (Lipinski definition) is 10. The first-order valence-electron chi connectivity index (χ1n) is 19.7. The van der Waals surface area contributed by atoms with Crippen LogP contribution < -0.4 is 36.4 Å². The predicted octanol–water partition coefficient (Wildman–Crippen LogP) is 6.76. The second kappa shape index (κ2) is 12.7. The first-order chi connectivity index (χ1) is 22.5. The summed E-state index contributed by atoms with van der Waals surface area (Å²) in [5, 5.41) is 19.2. The van der Waals surface area contributed by atoms with Crippen molar-refractivity contribution in [3.63, 3.8) is 0 Å². The van der Waals surface area contributed by atoms with Crippen LogP contribution >= 0.6 is 0 Å². The van der Waals surface area contributed by atoms with Gasteiger partial charge in [-0.1, -0.05) is 0 Å². The van der Waals surface area contributed by atoms with E-state index in [2.05, 4.69) is 147 Å². The Kier molecular flexibility index (Phi) is 10.0. The average Bonchev–Trinajstić information content (AvgIpc) is 2.81. The molecule has 0 bridgehead atoms. The van der Waals surface area contributed by atoms with E-state index in [9.17, 15) is 0 Å². The minimum absolute atomic E-state index is 0.0190. The Hall–Kier alpha value is -1.75. The van der Waals surface area contributed by atoms with Crippen molar-refractivity contribution in [3.05, 3.63) is 0 Å². The number of aromatic nitrogens is 3. The molecule has 0 amide bonds. The summed E-state index contributed by atoms with van der Waals surface area (Å²) in [6, 6.07) is 1.10. The van der Waals surface area contributed by atoms with E-state index >= 15 is 0 Å². The van der Waals surface area contributed by atoms with Gasteiger partial charge in [0, 0.05) is 75.5 Å². The van der Waals surface area contributed by atoms with Gasteiger partial charge in [-0.25, -0.2) is 0 Å². The monoisotopic (exact) mass is 697 g/mol.